The van der Waals surface area contributed by atoms with Gasteiger partial charge >= 0.3 is 0 Å². The van der Waals surface area contributed by atoms with Crippen LogP contribution in [0.4, 0.5) is 5.69 Å². The molecule has 0 bridgehead atoms. The van der Waals surface area contributed by atoms with E-state index in [0.29, 0.717) is 24.7 Å². The Bertz CT molecular complexity index is 253. The number of nitrogens with zero attached hydrogens (tertiary/aromatic N) is 1. The first kappa shape index (κ1) is 9.80. The molecule has 0 saturated heterocycles. The second-order valence-electron chi connectivity index (χ2n) is 2.61. The summed E-state index contributed by atoms with van der Waals surface area (Å²) in [6.07, 6.45) is 4.09. The number of anilines is 1. The first-order valence-corrected chi connectivity index (χ1v) is 4.16. The smallest absolute Gasteiger partial charge is 0.145 e. The average molecular weight is 182 g/mol. The summed E-state index contributed by atoms with van der Waals surface area (Å²) in [7, 11) is 1.67. The maximum atomic E-state index is 5.62. The highest BCUT2D eigenvalue weighted by atomic mass is 16.5. The minimum Gasteiger partial charge on any atom is -0.491 e. The van der Waals surface area contributed by atoms with E-state index in [-0.39, 0.29) is 0 Å². The van der Waals surface area contributed by atoms with Crippen LogP contribution in [0.25, 0.3) is 0 Å². The molecule has 2 N–H and O–H groups in total. The van der Waals surface area contributed by atoms with Gasteiger partial charge in [-0.15, -0.1) is 0 Å². The Morgan fingerprint density at radius 2 is 2.31 bits per heavy atom. The van der Waals surface area contributed by atoms with Gasteiger partial charge in [0.1, 0.15) is 5.75 Å². The summed E-state index contributed by atoms with van der Waals surface area (Å²) < 4.78 is 10.3. The van der Waals surface area contributed by atoms with Crippen LogP contribution in [0.15, 0.2) is 18.5 Å². The van der Waals surface area contributed by atoms with Crippen molar-refractivity contribution in [3.8, 4) is 5.75 Å². The normalized spacial score (nSPS) is 9.92. The molecular weight excluding hydrogens is 168 g/mol. The van der Waals surface area contributed by atoms with Crippen molar-refractivity contribution >= 4 is 5.69 Å². The van der Waals surface area contributed by atoms with Gasteiger partial charge in [0.15, 0.2) is 0 Å². The molecule has 4 nitrogen and oxygen atoms in total. The summed E-state index contributed by atoms with van der Waals surface area (Å²) in [5.41, 5.74) is 6.19. The predicted octanol–water partition coefficient (Wildman–Crippen LogP) is 1.08. The molecule has 4 heteroatoms. The molecule has 0 aliphatic heterocycles. The number of rotatable bonds is 5. The van der Waals surface area contributed by atoms with Gasteiger partial charge in [0.05, 0.1) is 18.5 Å². The molecule has 13 heavy (non-hydrogen) atoms. The van der Waals surface area contributed by atoms with E-state index >= 15 is 0 Å². The van der Waals surface area contributed by atoms with Gasteiger partial charge in [-0.2, -0.15) is 0 Å². The first-order chi connectivity index (χ1) is 6.34. The predicted molar refractivity (Wildman–Crippen MR) is 50.6 cm³/mol. The first-order valence-electron chi connectivity index (χ1n) is 4.16. The maximum Gasteiger partial charge on any atom is 0.145 e. The molecule has 0 fully saturated rings. The lowest BCUT2D eigenvalue weighted by Crippen LogP contribution is -2.03. The van der Waals surface area contributed by atoms with E-state index in [0.717, 1.165) is 6.42 Å². The largest absolute Gasteiger partial charge is 0.491 e. The SMILES string of the molecule is COCCCOc1ccncc1N. The van der Waals surface area contributed by atoms with Gasteiger partial charge in [-0.05, 0) is 0 Å². The number of hydrogen-bond donors (Lipinski definition) is 1. The molecule has 0 saturated carbocycles. The van der Waals surface area contributed by atoms with Crippen molar-refractivity contribution in [3.05, 3.63) is 18.5 Å². The van der Waals surface area contributed by atoms with Crippen molar-refractivity contribution in [2.45, 2.75) is 6.42 Å². The molecule has 0 aliphatic rings. The highest BCUT2D eigenvalue weighted by molar-refractivity contribution is 5.49. The summed E-state index contributed by atoms with van der Waals surface area (Å²) in [6.45, 7) is 1.31. The van der Waals surface area contributed by atoms with E-state index in [4.69, 9.17) is 15.2 Å². The number of methoxy groups -OCH3 is 1. The fraction of sp³-hybridized carbons (Fsp3) is 0.444. The third-order valence-corrected chi connectivity index (χ3v) is 1.56. The van der Waals surface area contributed by atoms with Crippen LogP contribution in [0.1, 0.15) is 6.42 Å². The molecule has 0 unspecified atom stereocenters. The van der Waals surface area contributed by atoms with E-state index < -0.39 is 0 Å². The van der Waals surface area contributed by atoms with E-state index in [1.54, 1.807) is 25.6 Å². The van der Waals surface area contributed by atoms with Crippen LogP contribution in [0, 0.1) is 0 Å². The second-order valence-corrected chi connectivity index (χ2v) is 2.61. The van der Waals surface area contributed by atoms with Crippen LogP contribution in [-0.4, -0.2) is 25.3 Å². The van der Waals surface area contributed by atoms with E-state index in [9.17, 15) is 0 Å². The van der Waals surface area contributed by atoms with Crippen molar-refractivity contribution in [3.63, 3.8) is 0 Å². The van der Waals surface area contributed by atoms with Crippen LogP contribution in [0.3, 0.4) is 0 Å². The van der Waals surface area contributed by atoms with E-state index in [1.807, 2.05) is 0 Å². The van der Waals surface area contributed by atoms with Gasteiger partial charge in [0.2, 0.25) is 0 Å². The standard InChI is InChI=1S/C9H14N2O2/c1-12-5-2-6-13-9-3-4-11-7-8(9)10/h3-4,7H,2,5-6,10H2,1H3. The minimum absolute atomic E-state index is 0.569. The minimum atomic E-state index is 0.569. The van der Waals surface area contributed by atoms with Gasteiger partial charge < -0.3 is 15.2 Å². The van der Waals surface area contributed by atoms with Crippen LogP contribution in [0.5, 0.6) is 5.75 Å². The summed E-state index contributed by atoms with van der Waals surface area (Å²) in [5, 5.41) is 0. The molecule has 0 atom stereocenters. The lowest BCUT2D eigenvalue weighted by molar-refractivity contribution is 0.172. The monoisotopic (exact) mass is 182 g/mol. The zero-order valence-electron chi connectivity index (χ0n) is 7.69. The molecule has 0 spiro atoms. The number of nitrogen functional groups attached to an aromatic ring is 1. The van der Waals surface area contributed by atoms with Gasteiger partial charge in [-0.3, -0.25) is 4.98 Å². The zero-order valence-corrected chi connectivity index (χ0v) is 7.69. The average Bonchev–Trinajstić information content (AvgIpc) is 2.15. The van der Waals surface area contributed by atoms with Gasteiger partial charge in [-0.25, -0.2) is 0 Å². The molecule has 1 aromatic heterocycles. The number of aromatic nitrogens is 1. The molecule has 0 amide bonds. The van der Waals surface area contributed by atoms with Gasteiger partial charge in [0.25, 0.3) is 0 Å². The van der Waals surface area contributed by atoms with E-state index in [1.165, 1.54) is 0 Å². The van der Waals surface area contributed by atoms with Crippen molar-refractivity contribution in [1.82, 2.24) is 4.98 Å². The number of ether oxygens (including phenoxy) is 2. The fourth-order valence-electron chi connectivity index (χ4n) is 0.911. The lowest BCUT2D eigenvalue weighted by atomic mass is 10.4. The van der Waals surface area contributed by atoms with Gasteiger partial charge in [-0.1, -0.05) is 0 Å². The Hall–Kier alpha value is -1.29. The second kappa shape index (κ2) is 5.37. The summed E-state index contributed by atoms with van der Waals surface area (Å²) >= 11 is 0. The number of hydrogen-bond acceptors (Lipinski definition) is 4. The van der Waals surface area contributed by atoms with Crippen molar-refractivity contribution in [2.24, 2.45) is 0 Å². The molecule has 0 aliphatic carbocycles. The fourth-order valence-corrected chi connectivity index (χ4v) is 0.911. The zero-order chi connectivity index (χ0) is 9.52. The van der Waals surface area contributed by atoms with Crippen LogP contribution in [0.2, 0.25) is 0 Å². The molecular formula is C9H14N2O2. The molecule has 1 rings (SSSR count). The Morgan fingerprint density at radius 1 is 1.46 bits per heavy atom. The number of nitrogens with two attached hydrogens (primary N) is 1. The third kappa shape index (κ3) is 3.29. The van der Waals surface area contributed by atoms with Gasteiger partial charge in [0, 0.05) is 32.4 Å². The summed E-state index contributed by atoms with van der Waals surface area (Å²) in [4.78, 5) is 3.86. The van der Waals surface area contributed by atoms with Crippen LogP contribution < -0.4 is 10.5 Å². The van der Waals surface area contributed by atoms with Crippen molar-refractivity contribution in [2.75, 3.05) is 26.1 Å². The Balaban J connectivity index is 2.32. The van der Waals surface area contributed by atoms with Crippen molar-refractivity contribution < 1.29 is 9.47 Å². The highest BCUT2D eigenvalue weighted by Crippen LogP contribution is 2.18. The molecule has 1 heterocycles. The quantitative estimate of drug-likeness (QED) is 0.692. The number of pyridine rings is 1. The molecule has 0 radical (unpaired) electrons. The topological polar surface area (TPSA) is 57.4 Å². The van der Waals surface area contributed by atoms with Crippen LogP contribution in [-0.2, 0) is 4.74 Å². The van der Waals surface area contributed by atoms with Crippen LogP contribution >= 0.6 is 0 Å². The molecule has 0 aromatic carbocycles. The Morgan fingerprint density at radius 3 is 3.00 bits per heavy atom. The van der Waals surface area contributed by atoms with Crippen molar-refractivity contribution in [1.29, 1.82) is 0 Å². The summed E-state index contributed by atoms with van der Waals surface area (Å²) in [6, 6.07) is 1.75. The maximum absolute atomic E-state index is 5.62. The Kier molecular flexibility index (Phi) is 4.05. The lowest BCUT2D eigenvalue weighted by Gasteiger charge is -2.07. The highest BCUT2D eigenvalue weighted by Gasteiger charge is 1.97. The third-order valence-electron chi connectivity index (χ3n) is 1.56. The summed E-state index contributed by atoms with van der Waals surface area (Å²) in [5.74, 6) is 0.686. The molecule has 1 aromatic rings. The Labute approximate surface area is 77.7 Å². The van der Waals surface area contributed by atoms with E-state index in [2.05, 4.69) is 4.98 Å². The molecule has 72 valence electrons.